The largest absolute Gasteiger partial charge is 0.466 e. The summed E-state index contributed by atoms with van der Waals surface area (Å²) in [5.41, 5.74) is 0. The molecular weight excluding hydrogens is 348 g/mol. The summed E-state index contributed by atoms with van der Waals surface area (Å²) in [6.45, 7) is 6.39. The number of ether oxygens (including phenoxy) is 2. The fourth-order valence-electron chi connectivity index (χ4n) is 2.85. The lowest BCUT2D eigenvalue weighted by Gasteiger charge is -2.05. The van der Waals surface area contributed by atoms with Crippen LogP contribution in [0.5, 0.6) is 0 Å². The van der Waals surface area contributed by atoms with Crippen molar-refractivity contribution in [1.29, 1.82) is 0 Å². The van der Waals surface area contributed by atoms with Crippen LogP contribution in [0.1, 0.15) is 110 Å². The minimum absolute atomic E-state index is 0.0563. The SMILES string of the molecule is CCCCCC=CCC=CCCCCCCCC(=O)OCCCOCCCC. The molecule has 0 N–H and O–H groups in total. The topological polar surface area (TPSA) is 35.5 Å². The number of unbranched alkanes of at least 4 members (excludes halogenated alkanes) is 9. The van der Waals surface area contributed by atoms with Crippen molar-refractivity contribution in [1.82, 2.24) is 0 Å². The molecule has 0 aromatic rings. The highest BCUT2D eigenvalue weighted by molar-refractivity contribution is 5.69. The summed E-state index contributed by atoms with van der Waals surface area (Å²) >= 11 is 0. The zero-order chi connectivity index (χ0) is 20.5. The van der Waals surface area contributed by atoms with E-state index in [0.29, 0.717) is 19.6 Å². The molecule has 3 nitrogen and oxygen atoms in total. The Hall–Kier alpha value is -1.09. The molecule has 0 saturated heterocycles. The molecule has 0 bridgehead atoms. The van der Waals surface area contributed by atoms with Crippen LogP contribution >= 0.6 is 0 Å². The molecule has 0 aliphatic rings. The lowest BCUT2D eigenvalue weighted by molar-refractivity contribution is -0.144. The first-order valence-corrected chi connectivity index (χ1v) is 11.8. The van der Waals surface area contributed by atoms with E-state index in [1.165, 1.54) is 51.4 Å². The third-order valence-corrected chi connectivity index (χ3v) is 4.67. The Balaban J connectivity index is 3.25. The van der Waals surface area contributed by atoms with Gasteiger partial charge in [-0.25, -0.2) is 0 Å². The molecular formula is C25H46O3. The van der Waals surface area contributed by atoms with Crippen molar-refractivity contribution >= 4 is 5.97 Å². The van der Waals surface area contributed by atoms with Crippen LogP contribution in [0.4, 0.5) is 0 Å². The van der Waals surface area contributed by atoms with Crippen LogP contribution in [0.2, 0.25) is 0 Å². The van der Waals surface area contributed by atoms with Crippen LogP contribution < -0.4 is 0 Å². The van der Waals surface area contributed by atoms with E-state index >= 15 is 0 Å². The molecule has 28 heavy (non-hydrogen) atoms. The van der Waals surface area contributed by atoms with E-state index in [4.69, 9.17) is 9.47 Å². The summed E-state index contributed by atoms with van der Waals surface area (Å²) in [7, 11) is 0. The second kappa shape index (κ2) is 23.9. The van der Waals surface area contributed by atoms with Gasteiger partial charge in [0, 0.05) is 26.1 Å². The highest BCUT2D eigenvalue weighted by Crippen LogP contribution is 2.09. The van der Waals surface area contributed by atoms with E-state index < -0.39 is 0 Å². The van der Waals surface area contributed by atoms with Crippen LogP contribution in [0.15, 0.2) is 24.3 Å². The third-order valence-electron chi connectivity index (χ3n) is 4.67. The Morgan fingerprint density at radius 2 is 1.25 bits per heavy atom. The van der Waals surface area contributed by atoms with Gasteiger partial charge in [0.1, 0.15) is 0 Å². The van der Waals surface area contributed by atoms with Gasteiger partial charge in [0.2, 0.25) is 0 Å². The van der Waals surface area contributed by atoms with Crippen molar-refractivity contribution in [2.24, 2.45) is 0 Å². The quantitative estimate of drug-likeness (QED) is 0.114. The molecule has 0 heterocycles. The highest BCUT2D eigenvalue weighted by Gasteiger charge is 2.02. The number of allylic oxidation sites excluding steroid dienone is 4. The molecule has 0 unspecified atom stereocenters. The smallest absolute Gasteiger partial charge is 0.305 e. The van der Waals surface area contributed by atoms with Crippen molar-refractivity contribution in [3.63, 3.8) is 0 Å². The van der Waals surface area contributed by atoms with Crippen LogP contribution in [-0.4, -0.2) is 25.8 Å². The van der Waals surface area contributed by atoms with Crippen LogP contribution in [0.25, 0.3) is 0 Å². The number of hydrogen-bond donors (Lipinski definition) is 0. The minimum Gasteiger partial charge on any atom is -0.466 e. The molecule has 0 amide bonds. The van der Waals surface area contributed by atoms with Crippen LogP contribution in [0.3, 0.4) is 0 Å². The summed E-state index contributed by atoms with van der Waals surface area (Å²) in [4.78, 5) is 11.6. The first-order chi connectivity index (χ1) is 13.8. The number of carbonyl (C=O) groups is 1. The summed E-state index contributed by atoms with van der Waals surface area (Å²) < 4.78 is 10.7. The molecule has 0 fully saturated rings. The fraction of sp³-hybridized carbons (Fsp3) is 0.800. The lowest BCUT2D eigenvalue weighted by atomic mass is 10.1. The summed E-state index contributed by atoms with van der Waals surface area (Å²) in [6.07, 6.45) is 26.0. The van der Waals surface area contributed by atoms with Crippen molar-refractivity contribution in [2.75, 3.05) is 19.8 Å². The normalized spacial score (nSPS) is 11.6. The average Bonchev–Trinajstić information content (AvgIpc) is 2.70. The maximum atomic E-state index is 11.6. The maximum absolute atomic E-state index is 11.6. The average molecular weight is 395 g/mol. The predicted molar refractivity (Wildman–Crippen MR) is 121 cm³/mol. The van der Waals surface area contributed by atoms with Crippen molar-refractivity contribution in [3.8, 4) is 0 Å². The van der Waals surface area contributed by atoms with Gasteiger partial charge in [-0.15, -0.1) is 0 Å². The lowest BCUT2D eigenvalue weighted by Crippen LogP contribution is -2.08. The van der Waals surface area contributed by atoms with Crippen molar-refractivity contribution in [2.45, 2.75) is 110 Å². The molecule has 0 aliphatic heterocycles. The standard InChI is InChI=1S/C25H46O3/c1-3-5-7-8-9-10-11-12-13-14-15-16-17-18-19-21-25(26)28-24-20-23-27-22-6-4-2/h9-10,12-13H,3-8,11,14-24H2,1-2H3. The minimum atomic E-state index is -0.0563. The molecule has 0 rings (SSSR count). The van der Waals surface area contributed by atoms with Crippen LogP contribution in [-0.2, 0) is 14.3 Å². The number of rotatable bonds is 21. The van der Waals surface area contributed by atoms with E-state index in [2.05, 4.69) is 38.2 Å². The van der Waals surface area contributed by atoms with E-state index in [0.717, 1.165) is 45.1 Å². The second-order valence-corrected chi connectivity index (χ2v) is 7.52. The molecule has 0 spiro atoms. The van der Waals surface area contributed by atoms with Crippen molar-refractivity contribution < 1.29 is 14.3 Å². The molecule has 0 saturated carbocycles. The van der Waals surface area contributed by atoms with Gasteiger partial charge in [-0.3, -0.25) is 4.79 Å². The zero-order valence-electron chi connectivity index (χ0n) is 18.8. The predicted octanol–water partition coefficient (Wildman–Crippen LogP) is 7.55. The Kier molecular flexibility index (Phi) is 23.0. The van der Waals surface area contributed by atoms with Crippen molar-refractivity contribution in [3.05, 3.63) is 24.3 Å². The van der Waals surface area contributed by atoms with Gasteiger partial charge in [-0.2, -0.15) is 0 Å². The molecule has 3 heteroatoms. The van der Waals surface area contributed by atoms with Gasteiger partial charge in [0.25, 0.3) is 0 Å². The molecule has 0 atom stereocenters. The third kappa shape index (κ3) is 23.0. The molecule has 0 aromatic carbocycles. The van der Waals surface area contributed by atoms with Gasteiger partial charge < -0.3 is 9.47 Å². The Bertz CT molecular complexity index is 374. The number of esters is 1. The fourth-order valence-corrected chi connectivity index (χ4v) is 2.85. The Labute approximate surface area is 175 Å². The van der Waals surface area contributed by atoms with Gasteiger partial charge in [-0.1, -0.05) is 76.7 Å². The summed E-state index contributed by atoms with van der Waals surface area (Å²) in [5.74, 6) is -0.0563. The molecule has 0 radical (unpaired) electrons. The first kappa shape index (κ1) is 26.9. The van der Waals surface area contributed by atoms with E-state index in [9.17, 15) is 4.79 Å². The number of carbonyl (C=O) groups excluding carboxylic acids is 1. The Morgan fingerprint density at radius 1 is 0.643 bits per heavy atom. The molecule has 164 valence electrons. The van der Waals surface area contributed by atoms with E-state index in [-0.39, 0.29) is 5.97 Å². The van der Waals surface area contributed by atoms with Crippen LogP contribution in [0, 0.1) is 0 Å². The summed E-state index contributed by atoms with van der Waals surface area (Å²) in [5, 5.41) is 0. The molecule has 0 aromatic heterocycles. The maximum Gasteiger partial charge on any atom is 0.305 e. The highest BCUT2D eigenvalue weighted by atomic mass is 16.5. The first-order valence-electron chi connectivity index (χ1n) is 11.8. The van der Waals surface area contributed by atoms with E-state index in [1.807, 2.05) is 0 Å². The van der Waals surface area contributed by atoms with Gasteiger partial charge >= 0.3 is 5.97 Å². The van der Waals surface area contributed by atoms with Gasteiger partial charge in [0.05, 0.1) is 6.61 Å². The number of hydrogen-bond acceptors (Lipinski definition) is 3. The summed E-state index contributed by atoms with van der Waals surface area (Å²) in [6, 6.07) is 0. The monoisotopic (exact) mass is 394 g/mol. The Morgan fingerprint density at radius 3 is 1.96 bits per heavy atom. The van der Waals surface area contributed by atoms with Gasteiger partial charge in [0.15, 0.2) is 0 Å². The van der Waals surface area contributed by atoms with E-state index in [1.54, 1.807) is 0 Å². The zero-order valence-corrected chi connectivity index (χ0v) is 18.8. The van der Waals surface area contributed by atoms with Gasteiger partial charge in [-0.05, 0) is 44.9 Å². The second-order valence-electron chi connectivity index (χ2n) is 7.52. The molecule has 0 aliphatic carbocycles.